The number of carboxylic acid groups (broad SMARTS) is 1. The molecule has 0 amide bonds. The highest BCUT2D eigenvalue weighted by Gasteiger charge is 2.16. The van der Waals surface area contributed by atoms with Crippen molar-refractivity contribution in [2.75, 3.05) is 19.6 Å². The summed E-state index contributed by atoms with van der Waals surface area (Å²) in [5.74, 6) is -0.947. The van der Waals surface area contributed by atoms with Gasteiger partial charge in [-0.1, -0.05) is 12.1 Å². The van der Waals surface area contributed by atoms with Crippen molar-refractivity contribution in [2.24, 2.45) is 0 Å². The van der Waals surface area contributed by atoms with Crippen molar-refractivity contribution >= 4 is 11.8 Å². The molecule has 4 heteroatoms. The maximum Gasteiger partial charge on any atom is 0.335 e. The molecule has 0 aromatic heterocycles. The van der Waals surface area contributed by atoms with Gasteiger partial charge in [-0.3, -0.25) is 4.79 Å². The Hall–Kier alpha value is -1.68. The van der Waals surface area contributed by atoms with E-state index in [0.717, 1.165) is 19.6 Å². The predicted molar refractivity (Wildman–Crippen MR) is 71.8 cm³/mol. The number of benzene rings is 1. The van der Waals surface area contributed by atoms with Crippen LogP contribution in [0.1, 0.15) is 46.4 Å². The number of carbonyl (C=O) groups is 2. The van der Waals surface area contributed by atoms with Crippen molar-refractivity contribution in [3.63, 3.8) is 0 Å². The molecule has 2 N–H and O–H groups in total. The van der Waals surface area contributed by atoms with Crippen LogP contribution in [0.3, 0.4) is 0 Å². The molecule has 1 aromatic rings. The van der Waals surface area contributed by atoms with Gasteiger partial charge in [-0.15, -0.1) is 0 Å². The molecule has 102 valence electrons. The number of likely N-dealkylation sites (tertiary alicyclic amines) is 1. The Kier molecular flexibility index (Phi) is 4.68. The summed E-state index contributed by atoms with van der Waals surface area (Å²) in [5, 5.41) is 8.91. The van der Waals surface area contributed by atoms with Crippen molar-refractivity contribution < 1.29 is 19.6 Å². The molecular weight excluding hydrogens is 242 g/mol. The summed E-state index contributed by atoms with van der Waals surface area (Å²) in [6, 6.07) is 6.30. The van der Waals surface area contributed by atoms with E-state index in [0.29, 0.717) is 12.0 Å². The van der Waals surface area contributed by atoms with Gasteiger partial charge in [0.1, 0.15) is 0 Å². The molecule has 0 bridgehead atoms. The van der Waals surface area contributed by atoms with E-state index < -0.39 is 5.97 Å². The van der Waals surface area contributed by atoms with Gasteiger partial charge in [-0.25, -0.2) is 4.79 Å². The largest absolute Gasteiger partial charge is 0.478 e. The van der Waals surface area contributed by atoms with Crippen LogP contribution in [0.2, 0.25) is 0 Å². The Labute approximate surface area is 113 Å². The van der Waals surface area contributed by atoms with Gasteiger partial charge < -0.3 is 10.0 Å². The topological polar surface area (TPSA) is 58.8 Å². The van der Waals surface area contributed by atoms with E-state index in [2.05, 4.69) is 0 Å². The maximum absolute atomic E-state index is 12.1. The lowest BCUT2D eigenvalue weighted by molar-refractivity contribution is -0.904. The zero-order valence-electron chi connectivity index (χ0n) is 11.0. The minimum absolute atomic E-state index is 0.0428. The molecule has 1 saturated heterocycles. The fourth-order valence-corrected chi connectivity index (χ4v) is 2.56. The van der Waals surface area contributed by atoms with Gasteiger partial charge in [0.25, 0.3) is 0 Å². The van der Waals surface area contributed by atoms with Crippen LogP contribution in [0.5, 0.6) is 0 Å². The Bertz CT molecular complexity index is 464. The Morgan fingerprint density at radius 1 is 1.11 bits per heavy atom. The van der Waals surface area contributed by atoms with Crippen LogP contribution < -0.4 is 4.90 Å². The van der Waals surface area contributed by atoms with Crippen LogP contribution in [-0.4, -0.2) is 36.5 Å². The number of carboxylic acids is 1. The highest BCUT2D eigenvalue weighted by Crippen LogP contribution is 2.07. The molecule has 1 fully saturated rings. The first-order valence-electron chi connectivity index (χ1n) is 6.87. The highest BCUT2D eigenvalue weighted by atomic mass is 16.4. The third kappa shape index (κ3) is 3.89. The quantitative estimate of drug-likeness (QED) is 0.779. The van der Waals surface area contributed by atoms with Crippen LogP contribution >= 0.6 is 0 Å². The monoisotopic (exact) mass is 262 g/mol. The molecule has 19 heavy (non-hydrogen) atoms. The lowest BCUT2D eigenvalue weighted by Crippen LogP contribution is -3.12. The zero-order chi connectivity index (χ0) is 13.7. The molecule has 0 spiro atoms. The molecule has 1 heterocycles. The van der Waals surface area contributed by atoms with Gasteiger partial charge >= 0.3 is 5.97 Å². The summed E-state index contributed by atoms with van der Waals surface area (Å²) in [4.78, 5) is 24.4. The van der Waals surface area contributed by atoms with Gasteiger partial charge in [-0.2, -0.15) is 0 Å². The van der Waals surface area contributed by atoms with Crippen molar-refractivity contribution in [1.29, 1.82) is 0 Å². The van der Waals surface area contributed by atoms with Crippen LogP contribution in [-0.2, 0) is 0 Å². The summed E-state index contributed by atoms with van der Waals surface area (Å²) in [7, 11) is 0. The third-order valence-electron chi connectivity index (χ3n) is 3.70. The van der Waals surface area contributed by atoms with E-state index in [4.69, 9.17) is 5.11 Å². The van der Waals surface area contributed by atoms with E-state index in [1.54, 1.807) is 12.1 Å². The first-order chi connectivity index (χ1) is 9.16. The lowest BCUT2D eigenvalue weighted by Gasteiger charge is -2.23. The van der Waals surface area contributed by atoms with Gasteiger partial charge in [0.05, 0.1) is 31.6 Å². The Balaban J connectivity index is 1.92. The number of nitrogens with one attached hydrogen (secondary N) is 1. The van der Waals surface area contributed by atoms with Crippen molar-refractivity contribution in [3.05, 3.63) is 35.4 Å². The number of hydrogen-bond donors (Lipinski definition) is 2. The molecule has 1 aliphatic rings. The number of hydrogen-bond acceptors (Lipinski definition) is 2. The smallest absolute Gasteiger partial charge is 0.335 e. The maximum atomic E-state index is 12.1. The molecule has 1 aliphatic heterocycles. The van der Waals surface area contributed by atoms with Gasteiger partial charge in [0, 0.05) is 5.56 Å². The number of carbonyl (C=O) groups excluding carboxylic acids is 1. The van der Waals surface area contributed by atoms with Crippen molar-refractivity contribution in [3.8, 4) is 0 Å². The van der Waals surface area contributed by atoms with Crippen molar-refractivity contribution in [2.45, 2.75) is 25.7 Å². The minimum atomic E-state index is -0.990. The molecule has 0 radical (unpaired) electrons. The SMILES string of the molecule is O=C(O)c1cccc(C(=O)CC[NH+]2CCCCC2)c1. The molecule has 2 rings (SSSR count). The summed E-state index contributed by atoms with van der Waals surface area (Å²) in [5.41, 5.74) is 0.687. The number of aromatic carboxylic acids is 1. The molecule has 1 aromatic carbocycles. The summed E-state index contributed by atoms with van der Waals surface area (Å²) in [6.07, 6.45) is 4.30. The van der Waals surface area contributed by atoms with E-state index in [1.165, 1.54) is 36.3 Å². The second-order valence-electron chi connectivity index (χ2n) is 5.12. The number of ketones is 1. The lowest BCUT2D eigenvalue weighted by atomic mass is 10.0. The summed E-state index contributed by atoms with van der Waals surface area (Å²) < 4.78 is 0. The number of quaternary nitrogens is 1. The number of Topliss-reactive ketones (excluding diaryl/α,β-unsaturated/α-hetero) is 1. The first kappa shape index (κ1) is 13.7. The van der Waals surface area contributed by atoms with Gasteiger partial charge in [-0.05, 0) is 31.4 Å². The summed E-state index contributed by atoms with van der Waals surface area (Å²) in [6.45, 7) is 3.17. The molecule has 0 atom stereocenters. The molecule has 0 saturated carbocycles. The molecule has 0 unspecified atom stereocenters. The van der Waals surface area contributed by atoms with Crippen LogP contribution in [0.4, 0.5) is 0 Å². The zero-order valence-corrected chi connectivity index (χ0v) is 11.0. The van der Waals surface area contributed by atoms with E-state index in [9.17, 15) is 9.59 Å². The molecular formula is C15H20NO3+. The van der Waals surface area contributed by atoms with E-state index in [1.807, 2.05) is 0 Å². The standard InChI is InChI=1S/C15H19NO3/c17-14(7-10-16-8-2-1-3-9-16)12-5-4-6-13(11-12)15(18)19/h4-6,11H,1-3,7-10H2,(H,18,19)/p+1. The second-order valence-corrected chi connectivity index (χ2v) is 5.12. The van der Waals surface area contributed by atoms with Crippen LogP contribution in [0.25, 0.3) is 0 Å². The van der Waals surface area contributed by atoms with E-state index >= 15 is 0 Å². The normalized spacial score (nSPS) is 16.2. The third-order valence-corrected chi connectivity index (χ3v) is 3.70. The van der Waals surface area contributed by atoms with Crippen molar-refractivity contribution in [1.82, 2.24) is 0 Å². The second kappa shape index (κ2) is 6.48. The highest BCUT2D eigenvalue weighted by molar-refractivity contribution is 5.98. The van der Waals surface area contributed by atoms with Gasteiger partial charge in [0.15, 0.2) is 5.78 Å². The molecule has 4 nitrogen and oxygen atoms in total. The number of rotatable bonds is 5. The fourth-order valence-electron chi connectivity index (χ4n) is 2.56. The Morgan fingerprint density at radius 3 is 2.47 bits per heavy atom. The van der Waals surface area contributed by atoms with E-state index in [-0.39, 0.29) is 11.3 Å². The number of piperidine rings is 1. The van der Waals surface area contributed by atoms with Crippen LogP contribution in [0, 0.1) is 0 Å². The molecule has 0 aliphatic carbocycles. The van der Waals surface area contributed by atoms with Crippen LogP contribution in [0.15, 0.2) is 24.3 Å². The fraction of sp³-hybridized carbons (Fsp3) is 0.467. The Morgan fingerprint density at radius 2 is 1.79 bits per heavy atom. The minimum Gasteiger partial charge on any atom is -0.478 e. The average molecular weight is 262 g/mol. The predicted octanol–water partition coefficient (Wildman–Crippen LogP) is 1.03. The first-order valence-corrected chi connectivity index (χ1v) is 6.87. The van der Waals surface area contributed by atoms with Gasteiger partial charge in [0.2, 0.25) is 0 Å². The average Bonchev–Trinajstić information content (AvgIpc) is 2.46. The summed E-state index contributed by atoms with van der Waals surface area (Å²) >= 11 is 0.